The van der Waals surface area contributed by atoms with Crippen LogP contribution in [-0.4, -0.2) is 7.85 Å². The van der Waals surface area contributed by atoms with Crippen molar-refractivity contribution in [3.63, 3.8) is 0 Å². The number of benzene rings is 1. The normalized spacial score (nSPS) is 13.6. The first-order valence-electron chi connectivity index (χ1n) is 5.37. The van der Waals surface area contributed by atoms with Crippen molar-refractivity contribution in [2.45, 2.75) is 32.5 Å². The maximum atomic E-state index is 5.97. The minimum atomic E-state index is 0.118. The molecule has 0 saturated heterocycles. The molecule has 0 aliphatic heterocycles. The van der Waals surface area contributed by atoms with Crippen LogP contribution in [0.15, 0.2) is 23.6 Å². The molecule has 2 heteroatoms. The Kier molecular flexibility index (Phi) is 2.88. The van der Waals surface area contributed by atoms with Crippen LogP contribution in [0.2, 0.25) is 0 Å². The van der Waals surface area contributed by atoms with Crippen molar-refractivity contribution >= 4 is 29.3 Å². The lowest BCUT2D eigenvalue weighted by molar-refractivity contribution is 0.875. The van der Waals surface area contributed by atoms with Gasteiger partial charge in [0.15, 0.2) is 0 Å². The molecule has 1 heterocycles. The molecule has 0 fully saturated rings. The van der Waals surface area contributed by atoms with Crippen molar-refractivity contribution in [2.75, 3.05) is 0 Å². The van der Waals surface area contributed by atoms with Crippen LogP contribution in [0.5, 0.6) is 0 Å². The third-order valence-corrected chi connectivity index (χ3v) is 3.76. The van der Waals surface area contributed by atoms with E-state index in [0.29, 0.717) is 5.92 Å². The van der Waals surface area contributed by atoms with Gasteiger partial charge in [0.05, 0.1) is 7.85 Å². The van der Waals surface area contributed by atoms with Crippen LogP contribution in [0.4, 0.5) is 0 Å². The molecule has 0 aliphatic rings. The molecule has 2 rings (SSSR count). The van der Waals surface area contributed by atoms with Gasteiger partial charge in [0.25, 0.3) is 0 Å². The van der Waals surface area contributed by atoms with Crippen molar-refractivity contribution < 1.29 is 0 Å². The number of thiophene rings is 1. The molecule has 0 saturated carbocycles. The van der Waals surface area contributed by atoms with Gasteiger partial charge in [0, 0.05) is 4.70 Å². The van der Waals surface area contributed by atoms with Crippen LogP contribution >= 0.6 is 11.3 Å². The lowest BCUT2D eigenvalue weighted by Gasteiger charge is -2.12. The Bertz CT molecular complexity index is 426. The second-order valence-electron chi connectivity index (χ2n) is 4.35. The van der Waals surface area contributed by atoms with Crippen LogP contribution in [0.3, 0.4) is 0 Å². The molecule has 1 unspecified atom stereocenters. The summed E-state index contributed by atoms with van der Waals surface area (Å²) >= 11 is 1.79. The molecule has 1 atom stereocenters. The molecule has 2 radical (unpaired) electrons. The standard InChI is InChI=1S/C13H15BS/c1-8(2)10-4-5-11(9(3)14)13-12(10)6-7-15-13/h4-9H,1-3H3. The lowest BCUT2D eigenvalue weighted by atomic mass is 9.81. The Morgan fingerprint density at radius 1 is 1.07 bits per heavy atom. The zero-order valence-electron chi connectivity index (χ0n) is 9.45. The van der Waals surface area contributed by atoms with Gasteiger partial charge in [-0.3, -0.25) is 0 Å². The molecule has 0 nitrogen and oxygen atoms in total. The molecule has 0 bridgehead atoms. The van der Waals surface area contributed by atoms with Crippen LogP contribution in [0.25, 0.3) is 10.1 Å². The smallest absolute Gasteiger partial charge is 0.0760 e. The molecule has 76 valence electrons. The van der Waals surface area contributed by atoms with E-state index in [2.05, 4.69) is 37.4 Å². The van der Waals surface area contributed by atoms with E-state index in [1.807, 2.05) is 6.92 Å². The minimum Gasteiger partial charge on any atom is -0.144 e. The van der Waals surface area contributed by atoms with Crippen molar-refractivity contribution in [1.82, 2.24) is 0 Å². The zero-order valence-corrected chi connectivity index (χ0v) is 10.3. The average molecular weight is 214 g/mol. The van der Waals surface area contributed by atoms with Gasteiger partial charge in [0.1, 0.15) is 0 Å². The number of hydrogen-bond acceptors (Lipinski definition) is 1. The molecular formula is C13H15BS. The van der Waals surface area contributed by atoms with Gasteiger partial charge in [-0.25, -0.2) is 0 Å². The third-order valence-electron chi connectivity index (χ3n) is 2.79. The van der Waals surface area contributed by atoms with Gasteiger partial charge in [0.2, 0.25) is 0 Å². The molecule has 15 heavy (non-hydrogen) atoms. The molecule has 0 amide bonds. The maximum Gasteiger partial charge on any atom is 0.0760 e. The SMILES string of the molecule is [B]C(C)c1ccc(C(C)C)c2ccsc12. The molecule has 1 aromatic carbocycles. The van der Waals surface area contributed by atoms with Crippen molar-refractivity contribution in [3.8, 4) is 0 Å². The van der Waals surface area contributed by atoms with E-state index in [1.54, 1.807) is 11.3 Å². The summed E-state index contributed by atoms with van der Waals surface area (Å²) in [7, 11) is 5.97. The van der Waals surface area contributed by atoms with Crippen LogP contribution < -0.4 is 0 Å². The predicted octanol–water partition coefficient (Wildman–Crippen LogP) is 4.25. The van der Waals surface area contributed by atoms with E-state index < -0.39 is 0 Å². The fourth-order valence-corrected chi connectivity index (χ4v) is 3.01. The number of rotatable bonds is 2. The van der Waals surface area contributed by atoms with E-state index in [9.17, 15) is 0 Å². The van der Waals surface area contributed by atoms with Gasteiger partial charge < -0.3 is 0 Å². The summed E-state index contributed by atoms with van der Waals surface area (Å²) < 4.78 is 1.36. The predicted molar refractivity (Wildman–Crippen MR) is 70.1 cm³/mol. The Hall–Kier alpha value is -0.755. The highest BCUT2D eigenvalue weighted by molar-refractivity contribution is 7.17. The first-order valence-corrected chi connectivity index (χ1v) is 6.24. The van der Waals surface area contributed by atoms with Gasteiger partial charge in [-0.05, 0) is 33.9 Å². The monoisotopic (exact) mass is 214 g/mol. The summed E-state index contributed by atoms with van der Waals surface area (Å²) in [6.45, 7) is 6.51. The second-order valence-corrected chi connectivity index (χ2v) is 5.27. The molecule has 0 N–H and O–H groups in total. The summed E-state index contributed by atoms with van der Waals surface area (Å²) in [6.07, 6.45) is 0. The largest absolute Gasteiger partial charge is 0.144 e. The van der Waals surface area contributed by atoms with Gasteiger partial charge in [-0.1, -0.05) is 38.7 Å². The zero-order chi connectivity index (χ0) is 11.0. The molecule has 0 spiro atoms. The Morgan fingerprint density at radius 3 is 2.33 bits per heavy atom. The highest BCUT2D eigenvalue weighted by Gasteiger charge is 2.11. The summed E-state index contributed by atoms with van der Waals surface area (Å²) in [5, 5.41) is 3.53. The topological polar surface area (TPSA) is 0 Å². The van der Waals surface area contributed by atoms with Crippen molar-refractivity contribution in [3.05, 3.63) is 34.7 Å². The average Bonchev–Trinajstić information content (AvgIpc) is 2.63. The first-order chi connectivity index (χ1) is 7.11. The summed E-state index contributed by atoms with van der Waals surface area (Å²) in [5.41, 5.74) is 2.69. The summed E-state index contributed by atoms with van der Waals surface area (Å²) in [6, 6.07) is 6.61. The molecule has 1 aromatic heterocycles. The minimum absolute atomic E-state index is 0.118. The molecular weight excluding hydrogens is 199 g/mol. The second kappa shape index (κ2) is 4.01. The Balaban J connectivity index is 2.71. The van der Waals surface area contributed by atoms with Gasteiger partial charge in [-0.15, -0.1) is 11.3 Å². The maximum absolute atomic E-state index is 5.97. The van der Waals surface area contributed by atoms with Gasteiger partial charge >= 0.3 is 0 Å². The Morgan fingerprint density at radius 2 is 1.73 bits per heavy atom. The number of hydrogen-bond donors (Lipinski definition) is 0. The van der Waals surface area contributed by atoms with Crippen molar-refractivity contribution in [1.29, 1.82) is 0 Å². The fraction of sp³-hybridized carbons (Fsp3) is 0.385. The first kappa shape index (κ1) is 10.8. The van der Waals surface area contributed by atoms with Gasteiger partial charge in [-0.2, -0.15) is 0 Å². The summed E-state index contributed by atoms with van der Waals surface area (Å²) in [5.74, 6) is 0.691. The van der Waals surface area contributed by atoms with Crippen LogP contribution in [-0.2, 0) is 0 Å². The number of fused-ring (bicyclic) bond motifs is 1. The van der Waals surface area contributed by atoms with Crippen LogP contribution in [0.1, 0.15) is 43.6 Å². The highest BCUT2D eigenvalue weighted by Crippen LogP contribution is 2.34. The van der Waals surface area contributed by atoms with E-state index >= 15 is 0 Å². The molecule has 0 aliphatic carbocycles. The van der Waals surface area contributed by atoms with E-state index in [-0.39, 0.29) is 5.82 Å². The fourth-order valence-electron chi connectivity index (χ4n) is 1.97. The Labute approximate surface area is 96.7 Å². The van der Waals surface area contributed by atoms with E-state index in [0.717, 1.165) is 0 Å². The van der Waals surface area contributed by atoms with Crippen molar-refractivity contribution in [2.24, 2.45) is 0 Å². The quantitative estimate of drug-likeness (QED) is 0.655. The third kappa shape index (κ3) is 1.83. The van der Waals surface area contributed by atoms with E-state index in [1.165, 1.54) is 21.2 Å². The van der Waals surface area contributed by atoms with Crippen LogP contribution in [0, 0.1) is 0 Å². The van der Waals surface area contributed by atoms with E-state index in [4.69, 9.17) is 7.85 Å². The highest BCUT2D eigenvalue weighted by atomic mass is 32.1. The molecule has 2 aromatic rings. The summed E-state index contributed by atoms with van der Waals surface area (Å²) in [4.78, 5) is 0. The lowest BCUT2D eigenvalue weighted by Crippen LogP contribution is -1.95.